The SMILES string of the molecule is CC/C=C\C/C=C\C/C=C\C/C=C\C/C=C\C/C=C\C/C=C\C/C=C\CCCCCCC(=O)OCC(COC(=O)CCCCCCCCCCCC)OC(=O)CCCCCCC/C=C\C/C=C\CCCC. The molecule has 0 amide bonds. The molecule has 71 heavy (non-hydrogen) atoms. The number of hydrogen-bond acceptors (Lipinski definition) is 6. The highest BCUT2D eigenvalue weighted by Gasteiger charge is 2.19. The van der Waals surface area contributed by atoms with Gasteiger partial charge in [0.15, 0.2) is 6.10 Å². The van der Waals surface area contributed by atoms with Crippen LogP contribution in [0.3, 0.4) is 0 Å². The van der Waals surface area contributed by atoms with Crippen LogP contribution in [0.25, 0.3) is 0 Å². The molecule has 0 spiro atoms. The Morgan fingerprint density at radius 3 is 0.901 bits per heavy atom. The molecule has 0 heterocycles. The van der Waals surface area contributed by atoms with Gasteiger partial charge in [-0.25, -0.2) is 0 Å². The molecule has 0 aliphatic rings. The minimum atomic E-state index is -0.797. The summed E-state index contributed by atoms with van der Waals surface area (Å²) in [6.07, 6.45) is 80.5. The topological polar surface area (TPSA) is 78.9 Å². The lowest BCUT2D eigenvalue weighted by atomic mass is 10.1. The van der Waals surface area contributed by atoms with Crippen molar-refractivity contribution in [1.82, 2.24) is 0 Å². The first-order valence-electron chi connectivity index (χ1n) is 29.0. The summed E-state index contributed by atoms with van der Waals surface area (Å²) in [5.74, 6) is -0.937. The van der Waals surface area contributed by atoms with Gasteiger partial charge in [0.2, 0.25) is 0 Å². The van der Waals surface area contributed by atoms with Crippen molar-refractivity contribution in [1.29, 1.82) is 0 Å². The zero-order valence-corrected chi connectivity index (χ0v) is 45.9. The van der Waals surface area contributed by atoms with Gasteiger partial charge >= 0.3 is 17.9 Å². The summed E-state index contributed by atoms with van der Waals surface area (Å²) in [5, 5.41) is 0. The van der Waals surface area contributed by atoms with Crippen LogP contribution in [-0.4, -0.2) is 37.2 Å². The van der Waals surface area contributed by atoms with Gasteiger partial charge < -0.3 is 14.2 Å². The molecule has 0 N–H and O–H groups in total. The number of carbonyl (C=O) groups excluding carboxylic acids is 3. The minimum absolute atomic E-state index is 0.0928. The van der Waals surface area contributed by atoms with Gasteiger partial charge in [0.1, 0.15) is 13.2 Å². The first-order chi connectivity index (χ1) is 35.0. The molecular weight excluding hydrogens is 877 g/mol. The molecule has 402 valence electrons. The van der Waals surface area contributed by atoms with Crippen LogP contribution in [0, 0.1) is 0 Å². The summed E-state index contributed by atoms with van der Waals surface area (Å²) in [6, 6.07) is 0. The second-order valence-corrected chi connectivity index (χ2v) is 18.8. The van der Waals surface area contributed by atoms with Crippen LogP contribution in [0.5, 0.6) is 0 Å². The minimum Gasteiger partial charge on any atom is -0.462 e. The molecule has 1 atom stereocenters. The predicted octanol–water partition coefficient (Wildman–Crippen LogP) is 19.6. The van der Waals surface area contributed by atoms with Gasteiger partial charge in [0.05, 0.1) is 0 Å². The van der Waals surface area contributed by atoms with Crippen molar-refractivity contribution in [2.24, 2.45) is 0 Å². The molecule has 0 aromatic rings. The van der Waals surface area contributed by atoms with E-state index in [1.54, 1.807) is 0 Å². The molecule has 0 rings (SSSR count). The Bertz CT molecular complexity index is 1500. The fraction of sp³-hybridized carbons (Fsp3) is 0.646. The molecule has 1 unspecified atom stereocenters. The molecule has 0 aromatic heterocycles. The van der Waals surface area contributed by atoms with Crippen molar-refractivity contribution < 1.29 is 28.6 Å². The summed E-state index contributed by atoms with van der Waals surface area (Å²) in [6.45, 7) is 6.43. The molecule has 0 radical (unpaired) electrons. The van der Waals surface area contributed by atoms with E-state index in [1.807, 2.05) is 0 Å². The smallest absolute Gasteiger partial charge is 0.306 e. The average molecular weight is 984 g/mol. The Morgan fingerprint density at radius 1 is 0.296 bits per heavy atom. The summed E-state index contributed by atoms with van der Waals surface area (Å²) in [7, 11) is 0. The lowest BCUT2D eigenvalue weighted by Crippen LogP contribution is -2.30. The predicted molar refractivity (Wildman–Crippen MR) is 306 cm³/mol. The molecule has 6 nitrogen and oxygen atoms in total. The highest BCUT2D eigenvalue weighted by molar-refractivity contribution is 5.71. The maximum absolute atomic E-state index is 12.8. The zero-order valence-electron chi connectivity index (χ0n) is 45.9. The second-order valence-electron chi connectivity index (χ2n) is 18.8. The van der Waals surface area contributed by atoms with Gasteiger partial charge in [-0.05, 0) is 109 Å². The van der Waals surface area contributed by atoms with Crippen LogP contribution >= 0.6 is 0 Å². The Balaban J connectivity index is 4.33. The maximum atomic E-state index is 12.8. The third-order valence-electron chi connectivity index (χ3n) is 12.0. The standard InChI is InChI=1S/C65H106O6/c1-4-7-10-13-16-19-22-24-26-27-28-29-30-31-32-33-34-35-36-37-38-39-40-42-43-46-49-52-55-58-64(67)70-61-62(60-69-63(66)57-54-51-48-45-21-18-15-12-9-6-3)71-65(68)59-56-53-50-47-44-41-25-23-20-17-14-11-8-5-2/h7,10,14,16-17,19,23-26,28-29,31-32,34-35,37-38,40,42,62H,4-6,8-9,11-13,15,18,20-22,27,30,33,36,39,41,43-61H2,1-3H3/b10-7-,17-14-,19-16-,25-23-,26-24-,29-28-,32-31-,35-34-,38-37-,42-40-. The van der Waals surface area contributed by atoms with E-state index in [0.717, 1.165) is 148 Å². The normalized spacial score (nSPS) is 13.0. The molecular formula is C65H106O6. The van der Waals surface area contributed by atoms with E-state index >= 15 is 0 Å². The third kappa shape index (κ3) is 56.6. The second kappa shape index (κ2) is 58.4. The quantitative estimate of drug-likeness (QED) is 0.0261. The van der Waals surface area contributed by atoms with Gasteiger partial charge in [-0.3, -0.25) is 14.4 Å². The Kier molecular flexibility index (Phi) is 54.9. The highest BCUT2D eigenvalue weighted by atomic mass is 16.6. The van der Waals surface area contributed by atoms with E-state index in [1.165, 1.54) is 64.2 Å². The molecule has 0 saturated carbocycles. The largest absolute Gasteiger partial charge is 0.462 e. The average Bonchev–Trinajstić information content (AvgIpc) is 3.37. The highest BCUT2D eigenvalue weighted by Crippen LogP contribution is 2.14. The van der Waals surface area contributed by atoms with Crippen molar-refractivity contribution in [2.75, 3.05) is 13.2 Å². The lowest BCUT2D eigenvalue weighted by molar-refractivity contribution is -0.167. The van der Waals surface area contributed by atoms with Crippen LogP contribution in [0.2, 0.25) is 0 Å². The van der Waals surface area contributed by atoms with Crippen molar-refractivity contribution >= 4 is 17.9 Å². The van der Waals surface area contributed by atoms with Crippen molar-refractivity contribution in [3.8, 4) is 0 Å². The van der Waals surface area contributed by atoms with E-state index in [2.05, 4.69) is 142 Å². The van der Waals surface area contributed by atoms with Crippen LogP contribution in [0.15, 0.2) is 122 Å². The summed E-state index contributed by atoms with van der Waals surface area (Å²) in [4.78, 5) is 38.0. The summed E-state index contributed by atoms with van der Waals surface area (Å²) in [5.41, 5.74) is 0. The Labute approximate surface area is 437 Å². The van der Waals surface area contributed by atoms with Crippen LogP contribution in [0.1, 0.15) is 252 Å². The number of esters is 3. The third-order valence-corrected chi connectivity index (χ3v) is 12.0. The Morgan fingerprint density at radius 2 is 0.563 bits per heavy atom. The van der Waals surface area contributed by atoms with Gasteiger partial charge in [0.25, 0.3) is 0 Å². The van der Waals surface area contributed by atoms with Gasteiger partial charge in [-0.2, -0.15) is 0 Å². The van der Waals surface area contributed by atoms with Crippen molar-refractivity contribution in [3.05, 3.63) is 122 Å². The van der Waals surface area contributed by atoms with Crippen LogP contribution in [0.4, 0.5) is 0 Å². The molecule has 0 aromatic carbocycles. The summed E-state index contributed by atoms with van der Waals surface area (Å²) >= 11 is 0. The number of carbonyl (C=O) groups is 3. The van der Waals surface area contributed by atoms with E-state index in [4.69, 9.17) is 14.2 Å². The van der Waals surface area contributed by atoms with Gasteiger partial charge in [0, 0.05) is 19.3 Å². The first-order valence-corrected chi connectivity index (χ1v) is 29.0. The van der Waals surface area contributed by atoms with Gasteiger partial charge in [-0.15, -0.1) is 0 Å². The lowest BCUT2D eigenvalue weighted by Gasteiger charge is -2.18. The van der Waals surface area contributed by atoms with Crippen LogP contribution < -0.4 is 0 Å². The van der Waals surface area contributed by atoms with E-state index in [-0.39, 0.29) is 31.1 Å². The van der Waals surface area contributed by atoms with E-state index < -0.39 is 6.10 Å². The molecule has 6 heteroatoms. The zero-order chi connectivity index (χ0) is 51.4. The first kappa shape index (κ1) is 66.8. The van der Waals surface area contributed by atoms with Crippen molar-refractivity contribution in [3.63, 3.8) is 0 Å². The number of rotatable bonds is 51. The van der Waals surface area contributed by atoms with Crippen LogP contribution in [-0.2, 0) is 28.6 Å². The Hall–Kier alpha value is -4.19. The van der Waals surface area contributed by atoms with E-state index in [0.29, 0.717) is 19.3 Å². The van der Waals surface area contributed by atoms with E-state index in [9.17, 15) is 14.4 Å². The fourth-order valence-electron chi connectivity index (χ4n) is 7.59. The number of ether oxygens (including phenoxy) is 3. The summed E-state index contributed by atoms with van der Waals surface area (Å²) < 4.78 is 16.8. The van der Waals surface area contributed by atoms with Crippen molar-refractivity contribution in [2.45, 2.75) is 258 Å². The fourth-order valence-corrected chi connectivity index (χ4v) is 7.59. The van der Waals surface area contributed by atoms with Gasteiger partial charge in [-0.1, -0.05) is 245 Å². The molecule has 0 bridgehead atoms. The molecule has 0 saturated heterocycles. The number of hydrogen-bond donors (Lipinski definition) is 0. The molecule has 0 fully saturated rings. The molecule has 0 aliphatic carbocycles. The monoisotopic (exact) mass is 983 g/mol. The number of allylic oxidation sites excluding steroid dienone is 20. The molecule has 0 aliphatic heterocycles. The number of unbranched alkanes of at least 4 members (excludes halogenated alkanes) is 20. The maximum Gasteiger partial charge on any atom is 0.306 e.